The number of carbonyl (C=O) groups excluding carboxylic acids is 1. The van der Waals surface area contributed by atoms with Crippen LogP contribution in [0.2, 0.25) is 0 Å². The van der Waals surface area contributed by atoms with E-state index in [1.807, 2.05) is 13.8 Å². The van der Waals surface area contributed by atoms with Crippen molar-refractivity contribution in [1.29, 1.82) is 0 Å². The summed E-state index contributed by atoms with van der Waals surface area (Å²) in [7, 11) is 0. The van der Waals surface area contributed by atoms with Crippen LogP contribution in [0, 0.1) is 0 Å². The van der Waals surface area contributed by atoms with Crippen LogP contribution in [-0.4, -0.2) is 5.97 Å². The molecule has 0 radical (unpaired) electrons. The van der Waals surface area contributed by atoms with Crippen molar-refractivity contribution in [2.45, 2.75) is 53.4 Å². The highest BCUT2D eigenvalue weighted by molar-refractivity contribution is 5.67. The Morgan fingerprint density at radius 1 is 1.15 bits per heavy atom. The summed E-state index contributed by atoms with van der Waals surface area (Å²) < 4.78 is 4.98. The Bertz CT molecular complexity index is 192. The Hall–Kier alpha value is -0.790. The predicted octanol–water partition coefficient (Wildman–Crippen LogP) is 3.42. The normalized spacial score (nSPS) is 12.3. The van der Waals surface area contributed by atoms with E-state index in [4.69, 9.17) is 4.74 Å². The van der Waals surface area contributed by atoms with E-state index in [0.29, 0.717) is 0 Å². The summed E-state index contributed by atoms with van der Waals surface area (Å²) in [6.07, 6.45) is 4.68. The van der Waals surface area contributed by atoms with Gasteiger partial charge >= 0.3 is 5.97 Å². The SMILES string of the molecule is CCCCC/C(C)=C(\C)OC(C)=O. The van der Waals surface area contributed by atoms with Crippen molar-refractivity contribution in [3.8, 4) is 0 Å². The van der Waals surface area contributed by atoms with Gasteiger partial charge in [0.1, 0.15) is 5.76 Å². The van der Waals surface area contributed by atoms with Crippen molar-refractivity contribution in [2.24, 2.45) is 0 Å². The first kappa shape index (κ1) is 12.2. The van der Waals surface area contributed by atoms with E-state index in [2.05, 4.69) is 6.92 Å². The Kier molecular flexibility index (Phi) is 6.29. The standard InChI is InChI=1S/C11H20O2/c1-5-6-7-8-9(2)10(3)13-11(4)12/h5-8H2,1-4H3/b10-9+. The van der Waals surface area contributed by atoms with Crippen molar-refractivity contribution >= 4 is 5.97 Å². The van der Waals surface area contributed by atoms with Gasteiger partial charge in [0.2, 0.25) is 0 Å². The van der Waals surface area contributed by atoms with Gasteiger partial charge in [-0.2, -0.15) is 0 Å². The van der Waals surface area contributed by atoms with Gasteiger partial charge in [-0.15, -0.1) is 0 Å². The van der Waals surface area contributed by atoms with Gasteiger partial charge in [0.25, 0.3) is 0 Å². The fraction of sp³-hybridized carbons (Fsp3) is 0.727. The zero-order chi connectivity index (χ0) is 10.3. The summed E-state index contributed by atoms with van der Waals surface area (Å²) in [5, 5.41) is 0. The van der Waals surface area contributed by atoms with E-state index in [1.54, 1.807) is 0 Å². The second kappa shape index (κ2) is 6.70. The van der Waals surface area contributed by atoms with E-state index in [1.165, 1.54) is 31.8 Å². The lowest BCUT2D eigenvalue weighted by Crippen LogP contribution is -1.98. The molecule has 0 aromatic carbocycles. The molecule has 76 valence electrons. The molecule has 0 aliphatic carbocycles. The second-order valence-electron chi connectivity index (χ2n) is 3.39. The van der Waals surface area contributed by atoms with Crippen molar-refractivity contribution in [3.05, 3.63) is 11.3 Å². The van der Waals surface area contributed by atoms with Gasteiger partial charge in [0, 0.05) is 6.92 Å². The molecule has 0 aromatic heterocycles. The lowest BCUT2D eigenvalue weighted by molar-refractivity contribution is -0.136. The van der Waals surface area contributed by atoms with Crippen LogP contribution in [-0.2, 0) is 9.53 Å². The second-order valence-corrected chi connectivity index (χ2v) is 3.39. The third-order valence-corrected chi connectivity index (χ3v) is 2.05. The molecule has 0 aromatic rings. The van der Waals surface area contributed by atoms with Crippen LogP contribution in [0.5, 0.6) is 0 Å². The Labute approximate surface area is 81.0 Å². The fourth-order valence-corrected chi connectivity index (χ4v) is 1.12. The number of ether oxygens (including phenoxy) is 1. The van der Waals surface area contributed by atoms with Crippen molar-refractivity contribution in [1.82, 2.24) is 0 Å². The number of hydrogen-bond acceptors (Lipinski definition) is 2. The molecule has 0 heterocycles. The van der Waals surface area contributed by atoms with Gasteiger partial charge in [-0.25, -0.2) is 0 Å². The largest absolute Gasteiger partial charge is 0.432 e. The molecular formula is C11H20O2. The maximum Gasteiger partial charge on any atom is 0.307 e. The zero-order valence-electron chi connectivity index (χ0n) is 9.14. The molecule has 2 heteroatoms. The Morgan fingerprint density at radius 2 is 1.77 bits per heavy atom. The molecule has 0 rings (SSSR count). The highest BCUT2D eigenvalue weighted by Gasteiger charge is 2.00. The van der Waals surface area contributed by atoms with Gasteiger partial charge in [-0.05, 0) is 32.3 Å². The van der Waals surface area contributed by atoms with Crippen molar-refractivity contribution in [3.63, 3.8) is 0 Å². The predicted molar refractivity (Wildman–Crippen MR) is 54.3 cm³/mol. The average Bonchev–Trinajstić information content (AvgIpc) is 2.03. The van der Waals surface area contributed by atoms with Crippen molar-refractivity contribution in [2.75, 3.05) is 0 Å². The molecule has 0 atom stereocenters. The highest BCUT2D eigenvalue weighted by atomic mass is 16.5. The molecule has 0 aliphatic rings. The minimum absolute atomic E-state index is 0.229. The van der Waals surface area contributed by atoms with Gasteiger partial charge in [-0.1, -0.05) is 19.8 Å². The van der Waals surface area contributed by atoms with Crippen LogP contribution in [0.15, 0.2) is 11.3 Å². The van der Waals surface area contributed by atoms with E-state index in [9.17, 15) is 4.79 Å². The number of allylic oxidation sites excluding steroid dienone is 2. The molecule has 0 saturated heterocycles. The molecule has 0 spiro atoms. The maximum atomic E-state index is 10.6. The van der Waals surface area contributed by atoms with Crippen LogP contribution in [0.1, 0.15) is 53.4 Å². The van der Waals surface area contributed by atoms with Crippen LogP contribution in [0.3, 0.4) is 0 Å². The molecule has 13 heavy (non-hydrogen) atoms. The number of rotatable bonds is 5. The molecule has 0 amide bonds. The first-order valence-electron chi connectivity index (χ1n) is 4.92. The summed E-state index contributed by atoms with van der Waals surface area (Å²) in [6, 6.07) is 0. The van der Waals surface area contributed by atoms with Gasteiger partial charge in [-0.3, -0.25) is 4.79 Å². The lowest BCUT2D eigenvalue weighted by atomic mass is 10.1. The quantitative estimate of drug-likeness (QED) is 0.372. The molecule has 0 fully saturated rings. The Morgan fingerprint density at radius 3 is 2.23 bits per heavy atom. The fourth-order valence-electron chi connectivity index (χ4n) is 1.12. The molecule has 0 unspecified atom stereocenters. The monoisotopic (exact) mass is 184 g/mol. The maximum absolute atomic E-state index is 10.6. The number of hydrogen-bond donors (Lipinski definition) is 0. The number of esters is 1. The average molecular weight is 184 g/mol. The molecule has 2 nitrogen and oxygen atoms in total. The number of carbonyl (C=O) groups is 1. The Balaban J connectivity index is 3.88. The lowest BCUT2D eigenvalue weighted by Gasteiger charge is -2.06. The van der Waals surface area contributed by atoms with Gasteiger partial charge in [0.05, 0.1) is 0 Å². The molecular weight excluding hydrogens is 164 g/mol. The van der Waals surface area contributed by atoms with Crippen LogP contribution in [0.25, 0.3) is 0 Å². The van der Waals surface area contributed by atoms with E-state index in [0.717, 1.165) is 12.2 Å². The topological polar surface area (TPSA) is 26.3 Å². The summed E-state index contributed by atoms with van der Waals surface area (Å²) in [5.41, 5.74) is 1.18. The molecule has 0 bridgehead atoms. The molecule has 0 N–H and O–H groups in total. The summed E-state index contributed by atoms with van der Waals surface area (Å²) >= 11 is 0. The first-order valence-corrected chi connectivity index (χ1v) is 4.92. The van der Waals surface area contributed by atoms with Gasteiger partial charge in [0.15, 0.2) is 0 Å². The third kappa shape index (κ3) is 6.38. The first-order chi connectivity index (χ1) is 6.07. The summed E-state index contributed by atoms with van der Waals surface area (Å²) in [4.78, 5) is 10.6. The highest BCUT2D eigenvalue weighted by Crippen LogP contribution is 2.13. The number of unbranched alkanes of at least 4 members (excludes halogenated alkanes) is 2. The van der Waals surface area contributed by atoms with Crippen LogP contribution in [0.4, 0.5) is 0 Å². The van der Waals surface area contributed by atoms with Gasteiger partial charge < -0.3 is 4.74 Å². The molecule has 0 aliphatic heterocycles. The summed E-state index contributed by atoms with van der Waals surface area (Å²) in [5.74, 6) is 0.538. The van der Waals surface area contributed by atoms with E-state index < -0.39 is 0 Å². The zero-order valence-corrected chi connectivity index (χ0v) is 9.14. The smallest absolute Gasteiger partial charge is 0.307 e. The van der Waals surface area contributed by atoms with Crippen LogP contribution < -0.4 is 0 Å². The molecule has 0 saturated carbocycles. The van der Waals surface area contributed by atoms with Crippen molar-refractivity contribution < 1.29 is 9.53 Å². The third-order valence-electron chi connectivity index (χ3n) is 2.05. The minimum atomic E-state index is -0.229. The van der Waals surface area contributed by atoms with Crippen LogP contribution >= 0.6 is 0 Å². The summed E-state index contributed by atoms with van der Waals surface area (Å²) in [6.45, 7) is 7.48. The van der Waals surface area contributed by atoms with E-state index in [-0.39, 0.29) is 5.97 Å². The minimum Gasteiger partial charge on any atom is -0.432 e. The van der Waals surface area contributed by atoms with E-state index >= 15 is 0 Å².